The largest absolute Gasteiger partial charge is 0.441 e. The van der Waals surface area contributed by atoms with Crippen molar-refractivity contribution in [3.8, 4) is 11.3 Å². The lowest BCUT2D eigenvalue weighted by atomic mass is 10.2. The summed E-state index contributed by atoms with van der Waals surface area (Å²) in [5, 5.41) is 2.79. The molecule has 0 aliphatic rings. The predicted octanol–water partition coefficient (Wildman–Crippen LogP) is 5.26. The molecular weight excluding hydrogens is 406 g/mol. The van der Waals surface area contributed by atoms with Crippen LogP contribution >= 0.6 is 15.9 Å². The number of amides is 1. The van der Waals surface area contributed by atoms with Crippen LogP contribution < -0.4 is 5.32 Å². The maximum Gasteiger partial charge on any atom is 0.224 e. The molecule has 0 saturated heterocycles. The van der Waals surface area contributed by atoms with Crippen molar-refractivity contribution in [1.82, 2.24) is 4.98 Å². The number of aromatic nitrogens is 1. The summed E-state index contributed by atoms with van der Waals surface area (Å²) in [6.45, 7) is 1.96. The number of carbonyl (C=O) groups excluding carboxylic acids is 1. The van der Waals surface area contributed by atoms with Crippen LogP contribution in [0.5, 0.6) is 0 Å². The molecule has 0 bridgehead atoms. The van der Waals surface area contributed by atoms with Gasteiger partial charge >= 0.3 is 0 Å². The molecule has 7 heteroatoms. The molecule has 0 spiro atoms. The maximum absolute atomic E-state index is 13.8. The number of benzene rings is 2. The van der Waals surface area contributed by atoms with Crippen molar-refractivity contribution in [1.29, 1.82) is 0 Å². The number of carbonyl (C=O) groups is 1. The minimum atomic E-state index is -0.726. The normalized spacial score (nSPS) is 10.8. The molecule has 0 fully saturated rings. The second-order valence-electron chi connectivity index (χ2n) is 5.75. The van der Waals surface area contributed by atoms with Crippen molar-refractivity contribution in [2.24, 2.45) is 0 Å². The number of nitrogens with one attached hydrogen (secondary N) is 1. The van der Waals surface area contributed by atoms with Gasteiger partial charge in [0.15, 0.2) is 11.7 Å². The molecule has 1 heterocycles. The van der Waals surface area contributed by atoms with Gasteiger partial charge in [0.25, 0.3) is 0 Å². The number of hydrogen-bond donors (Lipinski definition) is 1. The van der Waals surface area contributed by atoms with Gasteiger partial charge in [0.1, 0.15) is 11.6 Å². The molecular formula is C19H15BrF2N2O2. The number of hydrogen-bond acceptors (Lipinski definition) is 3. The molecule has 1 N–H and O–H groups in total. The van der Waals surface area contributed by atoms with Gasteiger partial charge in [-0.1, -0.05) is 22.0 Å². The quantitative estimate of drug-likeness (QED) is 0.612. The van der Waals surface area contributed by atoms with E-state index in [1.807, 2.05) is 25.1 Å². The van der Waals surface area contributed by atoms with Crippen molar-refractivity contribution in [2.75, 3.05) is 5.32 Å². The highest BCUT2D eigenvalue weighted by Crippen LogP contribution is 2.25. The molecule has 2 aromatic carbocycles. The number of aryl methyl sites for hydroxylation is 2. The van der Waals surface area contributed by atoms with Gasteiger partial charge in [-0.2, -0.15) is 0 Å². The van der Waals surface area contributed by atoms with E-state index >= 15 is 0 Å². The zero-order valence-corrected chi connectivity index (χ0v) is 15.4. The van der Waals surface area contributed by atoms with Crippen molar-refractivity contribution < 1.29 is 18.0 Å². The Morgan fingerprint density at radius 2 is 2.04 bits per heavy atom. The average Bonchev–Trinajstić information content (AvgIpc) is 3.05. The Bertz CT molecular complexity index is 956. The zero-order chi connectivity index (χ0) is 18.7. The lowest BCUT2D eigenvalue weighted by molar-refractivity contribution is -0.116. The number of nitrogens with zero attached hydrogens (tertiary/aromatic N) is 1. The molecule has 1 amide bonds. The molecule has 0 saturated carbocycles. The van der Waals surface area contributed by atoms with E-state index in [1.54, 1.807) is 0 Å². The first-order chi connectivity index (χ1) is 12.4. The highest BCUT2D eigenvalue weighted by Gasteiger charge is 2.13. The summed E-state index contributed by atoms with van der Waals surface area (Å²) < 4.78 is 33.1. The second-order valence-corrected chi connectivity index (χ2v) is 6.61. The van der Waals surface area contributed by atoms with E-state index in [9.17, 15) is 13.6 Å². The van der Waals surface area contributed by atoms with Crippen molar-refractivity contribution in [3.63, 3.8) is 0 Å². The van der Waals surface area contributed by atoms with E-state index < -0.39 is 11.6 Å². The van der Waals surface area contributed by atoms with Gasteiger partial charge in [0.2, 0.25) is 5.91 Å². The van der Waals surface area contributed by atoms with E-state index in [-0.39, 0.29) is 30.1 Å². The van der Waals surface area contributed by atoms with E-state index in [0.717, 1.165) is 22.2 Å². The Kier molecular flexibility index (Phi) is 5.46. The third-order valence-corrected chi connectivity index (χ3v) is 4.63. The number of oxazole rings is 1. The van der Waals surface area contributed by atoms with Crippen LogP contribution in [0.2, 0.25) is 0 Å². The van der Waals surface area contributed by atoms with E-state index in [4.69, 9.17) is 4.42 Å². The Morgan fingerprint density at radius 1 is 1.23 bits per heavy atom. The molecule has 1 aromatic heterocycles. The number of rotatable bonds is 5. The summed E-state index contributed by atoms with van der Waals surface area (Å²) in [6.07, 6.45) is 1.79. The minimum Gasteiger partial charge on any atom is -0.441 e. The summed E-state index contributed by atoms with van der Waals surface area (Å²) in [5.41, 5.74) is 1.89. The van der Waals surface area contributed by atoms with Crippen LogP contribution in [-0.2, 0) is 11.2 Å². The number of anilines is 1. The van der Waals surface area contributed by atoms with Gasteiger partial charge in [0.05, 0.1) is 11.8 Å². The molecule has 26 heavy (non-hydrogen) atoms. The van der Waals surface area contributed by atoms with E-state index in [2.05, 4.69) is 26.2 Å². The maximum atomic E-state index is 13.8. The van der Waals surface area contributed by atoms with E-state index in [0.29, 0.717) is 11.6 Å². The molecule has 0 aliphatic heterocycles. The molecule has 3 aromatic rings. The molecule has 0 unspecified atom stereocenters. The Labute approximate surface area is 157 Å². The third-order valence-electron chi connectivity index (χ3n) is 3.77. The van der Waals surface area contributed by atoms with E-state index in [1.165, 1.54) is 12.3 Å². The number of halogens is 3. The van der Waals surface area contributed by atoms with Gasteiger partial charge in [0, 0.05) is 29.1 Å². The monoisotopic (exact) mass is 420 g/mol. The van der Waals surface area contributed by atoms with Crippen LogP contribution in [0, 0.1) is 18.6 Å². The summed E-state index contributed by atoms with van der Waals surface area (Å²) in [6, 6.07) is 8.76. The van der Waals surface area contributed by atoms with Crippen molar-refractivity contribution in [2.45, 2.75) is 19.8 Å². The van der Waals surface area contributed by atoms with Crippen molar-refractivity contribution in [3.05, 3.63) is 70.2 Å². The first-order valence-electron chi connectivity index (χ1n) is 7.88. The van der Waals surface area contributed by atoms with Crippen molar-refractivity contribution >= 4 is 27.5 Å². The summed E-state index contributed by atoms with van der Waals surface area (Å²) in [4.78, 5) is 16.1. The van der Waals surface area contributed by atoms with Crippen LogP contribution in [0.4, 0.5) is 14.5 Å². The van der Waals surface area contributed by atoms with Crippen LogP contribution in [-0.4, -0.2) is 10.9 Å². The third kappa shape index (κ3) is 4.35. The topological polar surface area (TPSA) is 55.1 Å². The van der Waals surface area contributed by atoms with Crippen LogP contribution in [0.15, 0.2) is 51.5 Å². The first-order valence-corrected chi connectivity index (χ1v) is 8.68. The fraction of sp³-hybridized carbons (Fsp3) is 0.158. The molecule has 0 aliphatic carbocycles. The van der Waals surface area contributed by atoms with Gasteiger partial charge in [-0.15, -0.1) is 0 Å². The SMILES string of the molecule is Cc1ccc(NC(=O)CCc2ncc(-c3ccc(F)cc3F)o2)cc1Br. The lowest BCUT2D eigenvalue weighted by Crippen LogP contribution is -2.12. The molecule has 134 valence electrons. The molecule has 0 atom stereocenters. The highest BCUT2D eigenvalue weighted by molar-refractivity contribution is 9.10. The first kappa shape index (κ1) is 18.3. The Morgan fingerprint density at radius 3 is 2.77 bits per heavy atom. The zero-order valence-electron chi connectivity index (χ0n) is 13.9. The summed E-state index contributed by atoms with van der Waals surface area (Å²) in [7, 11) is 0. The Hall–Kier alpha value is -2.54. The van der Waals surface area contributed by atoms with Gasteiger partial charge in [-0.05, 0) is 36.8 Å². The smallest absolute Gasteiger partial charge is 0.224 e. The molecule has 4 nitrogen and oxygen atoms in total. The van der Waals surface area contributed by atoms with Gasteiger partial charge in [-0.25, -0.2) is 13.8 Å². The fourth-order valence-electron chi connectivity index (χ4n) is 2.35. The molecule has 0 radical (unpaired) electrons. The average molecular weight is 421 g/mol. The van der Waals surface area contributed by atoms with Crippen LogP contribution in [0.25, 0.3) is 11.3 Å². The highest BCUT2D eigenvalue weighted by atomic mass is 79.9. The predicted molar refractivity (Wildman–Crippen MR) is 97.7 cm³/mol. The van der Waals surface area contributed by atoms with Crippen LogP contribution in [0.1, 0.15) is 17.9 Å². The standard InChI is InChI=1S/C19H15BrF2N2O2/c1-11-2-4-13(9-15(11)20)24-18(25)6-7-19-23-10-17(26-19)14-5-3-12(21)8-16(14)22/h2-5,8-10H,6-7H2,1H3,(H,24,25). The fourth-order valence-corrected chi connectivity index (χ4v) is 2.73. The second kappa shape index (κ2) is 7.78. The summed E-state index contributed by atoms with van der Waals surface area (Å²) in [5.74, 6) is -1.07. The van der Waals surface area contributed by atoms with Gasteiger partial charge in [-0.3, -0.25) is 4.79 Å². The lowest BCUT2D eigenvalue weighted by Gasteiger charge is -2.06. The molecule has 3 rings (SSSR count). The Balaban J connectivity index is 1.60. The van der Waals surface area contributed by atoms with Gasteiger partial charge < -0.3 is 9.73 Å². The minimum absolute atomic E-state index is 0.124. The van der Waals surface area contributed by atoms with Crippen LogP contribution in [0.3, 0.4) is 0 Å². The summed E-state index contributed by atoms with van der Waals surface area (Å²) >= 11 is 3.42.